The summed E-state index contributed by atoms with van der Waals surface area (Å²) in [7, 11) is 0. The Balaban J connectivity index is 2.59. The number of rotatable bonds is 2. The zero-order valence-corrected chi connectivity index (χ0v) is 12.2. The van der Waals surface area contributed by atoms with E-state index in [-0.39, 0.29) is 17.3 Å². The third-order valence-corrected chi connectivity index (χ3v) is 3.74. The molecule has 0 saturated heterocycles. The summed E-state index contributed by atoms with van der Waals surface area (Å²) >= 11 is 0. The van der Waals surface area contributed by atoms with Crippen LogP contribution in [0.25, 0.3) is 5.57 Å². The molecule has 0 aromatic heterocycles. The number of hydrogen-bond acceptors (Lipinski definition) is 3. The molecule has 0 fully saturated rings. The van der Waals surface area contributed by atoms with E-state index in [2.05, 4.69) is 5.43 Å². The predicted octanol–water partition coefficient (Wildman–Crippen LogP) is 2.21. The number of carbonyl (C=O) groups excluding carboxylic acids is 1. The Bertz CT molecular complexity index is 580. The smallest absolute Gasteiger partial charge is 0.256 e. The molecule has 4 nitrogen and oxygen atoms in total. The summed E-state index contributed by atoms with van der Waals surface area (Å²) in [5.74, 6) is 4.68. The van der Waals surface area contributed by atoms with Gasteiger partial charge in [-0.3, -0.25) is 10.2 Å². The van der Waals surface area contributed by atoms with E-state index < -0.39 is 6.04 Å². The maximum atomic E-state index is 13.5. The van der Waals surface area contributed by atoms with Crippen molar-refractivity contribution in [3.8, 4) is 0 Å². The second-order valence-electron chi connectivity index (χ2n) is 5.70. The van der Waals surface area contributed by atoms with E-state index in [4.69, 9.17) is 5.84 Å². The highest BCUT2D eigenvalue weighted by Crippen LogP contribution is 2.40. The molecule has 0 spiro atoms. The van der Waals surface area contributed by atoms with Crippen molar-refractivity contribution >= 4 is 17.2 Å². The molecule has 0 bridgehead atoms. The monoisotopic (exact) mass is 277 g/mol. The minimum atomic E-state index is -0.455. The minimum Gasteiger partial charge on any atom is -0.351 e. The van der Waals surface area contributed by atoms with Crippen LogP contribution >= 0.6 is 0 Å². The van der Waals surface area contributed by atoms with Crippen LogP contribution < -0.4 is 16.2 Å². The number of nitrogens with two attached hydrogens (primary N) is 1. The van der Waals surface area contributed by atoms with Crippen LogP contribution in [0.3, 0.4) is 0 Å². The third kappa shape index (κ3) is 2.29. The summed E-state index contributed by atoms with van der Waals surface area (Å²) < 4.78 is 13.5. The number of anilines is 1. The molecular formula is C15H20FN3O. The largest absolute Gasteiger partial charge is 0.351 e. The lowest BCUT2D eigenvalue weighted by molar-refractivity contribution is -0.122. The zero-order valence-electron chi connectivity index (χ0n) is 12.2. The van der Waals surface area contributed by atoms with Gasteiger partial charge in [0.25, 0.3) is 5.91 Å². The van der Waals surface area contributed by atoms with E-state index >= 15 is 0 Å². The van der Waals surface area contributed by atoms with Crippen molar-refractivity contribution in [2.75, 3.05) is 4.90 Å². The molecule has 1 heterocycles. The first kappa shape index (κ1) is 14.5. The summed E-state index contributed by atoms with van der Waals surface area (Å²) in [6.45, 7) is 7.77. The number of carbonyl (C=O) groups is 1. The number of allylic oxidation sites excluding steroid dienone is 1. The highest BCUT2D eigenvalue weighted by Gasteiger charge is 2.36. The number of nitrogens with one attached hydrogen (secondary N) is 1. The Morgan fingerprint density at radius 3 is 2.70 bits per heavy atom. The lowest BCUT2D eigenvalue weighted by Gasteiger charge is -2.46. The van der Waals surface area contributed by atoms with Crippen LogP contribution in [0.4, 0.5) is 10.1 Å². The van der Waals surface area contributed by atoms with Crippen LogP contribution in [0.5, 0.6) is 0 Å². The molecule has 1 amide bonds. The van der Waals surface area contributed by atoms with Crippen molar-refractivity contribution in [1.82, 2.24) is 5.43 Å². The molecular weight excluding hydrogens is 257 g/mol. The van der Waals surface area contributed by atoms with Crippen LogP contribution in [0, 0.1) is 5.82 Å². The Kier molecular flexibility index (Phi) is 3.56. The number of fused-ring (bicyclic) bond motifs is 1. The standard InChI is InChI=1S/C15H20FN3O/c1-9-8-15(3,4)19(10(2)14(20)18-17)13-6-5-11(16)7-12(9)13/h5-8,10H,17H2,1-4H3,(H,18,20)/t10-/m0/s1. The first-order valence-corrected chi connectivity index (χ1v) is 6.57. The summed E-state index contributed by atoms with van der Waals surface area (Å²) in [5, 5.41) is 0. The normalized spacial score (nSPS) is 18.1. The van der Waals surface area contributed by atoms with E-state index in [1.54, 1.807) is 13.0 Å². The number of hydrogen-bond donors (Lipinski definition) is 2. The maximum Gasteiger partial charge on any atom is 0.256 e. The van der Waals surface area contributed by atoms with Gasteiger partial charge in [-0.05, 0) is 51.5 Å². The molecule has 0 radical (unpaired) electrons. The first-order valence-electron chi connectivity index (χ1n) is 6.57. The van der Waals surface area contributed by atoms with E-state index in [1.807, 2.05) is 31.7 Å². The summed E-state index contributed by atoms with van der Waals surface area (Å²) in [6, 6.07) is 4.16. The van der Waals surface area contributed by atoms with Crippen molar-refractivity contribution in [3.63, 3.8) is 0 Å². The van der Waals surface area contributed by atoms with Gasteiger partial charge in [0.05, 0.1) is 5.54 Å². The van der Waals surface area contributed by atoms with Gasteiger partial charge >= 0.3 is 0 Å². The summed E-state index contributed by atoms with van der Waals surface area (Å²) in [5.41, 5.74) is 4.47. The van der Waals surface area contributed by atoms with Gasteiger partial charge in [0, 0.05) is 11.3 Å². The van der Waals surface area contributed by atoms with E-state index in [1.165, 1.54) is 12.1 Å². The fraction of sp³-hybridized carbons (Fsp3) is 0.400. The molecule has 5 heteroatoms. The average molecular weight is 277 g/mol. The van der Waals surface area contributed by atoms with Gasteiger partial charge in [0.15, 0.2) is 0 Å². The second kappa shape index (κ2) is 4.90. The maximum absolute atomic E-state index is 13.5. The van der Waals surface area contributed by atoms with Gasteiger partial charge in [-0.1, -0.05) is 6.08 Å². The molecule has 1 atom stereocenters. The van der Waals surface area contributed by atoms with Gasteiger partial charge < -0.3 is 4.90 Å². The molecule has 0 unspecified atom stereocenters. The number of amides is 1. The van der Waals surface area contributed by atoms with Crippen molar-refractivity contribution in [1.29, 1.82) is 0 Å². The van der Waals surface area contributed by atoms with Crippen LogP contribution in [-0.2, 0) is 4.79 Å². The highest BCUT2D eigenvalue weighted by atomic mass is 19.1. The molecule has 3 N–H and O–H groups in total. The fourth-order valence-corrected chi connectivity index (χ4v) is 2.97. The number of halogens is 1. The lowest BCUT2D eigenvalue weighted by atomic mass is 9.87. The van der Waals surface area contributed by atoms with E-state index in [0.717, 1.165) is 16.8 Å². The lowest BCUT2D eigenvalue weighted by Crippen LogP contribution is -2.56. The Morgan fingerprint density at radius 1 is 1.45 bits per heavy atom. The molecule has 1 aliphatic heterocycles. The molecule has 2 rings (SSSR count). The SMILES string of the molecule is CC1=CC(C)(C)N([C@@H](C)C(=O)NN)c2ccc(F)cc21. The first-order chi connectivity index (χ1) is 9.27. The van der Waals surface area contributed by atoms with Crippen LogP contribution in [0.2, 0.25) is 0 Å². The predicted molar refractivity (Wildman–Crippen MR) is 78.4 cm³/mol. The number of nitrogens with zero attached hydrogens (tertiary/aromatic N) is 1. The zero-order chi connectivity index (χ0) is 15.1. The Labute approximate surface area is 118 Å². The van der Waals surface area contributed by atoms with Crippen molar-refractivity contribution in [2.24, 2.45) is 5.84 Å². The fourth-order valence-electron chi connectivity index (χ4n) is 2.97. The van der Waals surface area contributed by atoms with Gasteiger partial charge in [-0.15, -0.1) is 0 Å². The molecule has 20 heavy (non-hydrogen) atoms. The molecule has 0 aliphatic carbocycles. The van der Waals surface area contributed by atoms with Crippen molar-refractivity contribution < 1.29 is 9.18 Å². The van der Waals surface area contributed by atoms with Crippen molar-refractivity contribution in [3.05, 3.63) is 35.7 Å². The minimum absolute atomic E-state index is 0.277. The number of hydrazine groups is 1. The topological polar surface area (TPSA) is 58.4 Å². The average Bonchev–Trinajstić information content (AvgIpc) is 2.37. The molecule has 108 valence electrons. The summed E-state index contributed by atoms with van der Waals surface area (Å²) in [6.07, 6.45) is 2.04. The van der Waals surface area contributed by atoms with E-state index in [9.17, 15) is 9.18 Å². The highest BCUT2D eigenvalue weighted by molar-refractivity contribution is 5.89. The van der Waals surface area contributed by atoms with Gasteiger partial charge in [-0.25, -0.2) is 10.2 Å². The van der Waals surface area contributed by atoms with Crippen molar-refractivity contribution in [2.45, 2.75) is 39.3 Å². The van der Waals surface area contributed by atoms with Gasteiger partial charge in [0.2, 0.25) is 0 Å². The molecule has 1 aromatic carbocycles. The third-order valence-electron chi connectivity index (χ3n) is 3.74. The molecule has 0 saturated carbocycles. The molecule has 1 aliphatic rings. The second-order valence-corrected chi connectivity index (χ2v) is 5.70. The van der Waals surface area contributed by atoms with Crippen LogP contribution in [-0.4, -0.2) is 17.5 Å². The van der Waals surface area contributed by atoms with Crippen LogP contribution in [0.1, 0.15) is 33.3 Å². The molecule has 1 aromatic rings. The van der Waals surface area contributed by atoms with Gasteiger partial charge in [0.1, 0.15) is 11.9 Å². The van der Waals surface area contributed by atoms with Crippen LogP contribution in [0.15, 0.2) is 24.3 Å². The van der Waals surface area contributed by atoms with E-state index in [0.29, 0.717) is 0 Å². The summed E-state index contributed by atoms with van der Waals surface area (Å²) in [4.78, 5) is 13.8. The quantitative estimate of drug-likeness (QED) is 0.495. The van der Waals surface area contributed by atoms with Gasteiger partial charge in [-0.2, -0.15) is 0 Å². The number of benzene rings is 1. The Morgan fingerprint density at radius 2 is 2.10 bits per heavy atom. The Hall–Kier alpha value is -1.88.